The van der Waals surface area contributed by atoms with Crippen molar-refractivity contribution in [3.8, 4) is 0 Å². The van der Waals surface area contributed by atoms with Crippen LogP contribution in [0.3, 0.4) is 0 Å². The Labute approximate surface area is 160 Å². The molecule has 3 rings (SSSR count). The van der Waals surface area contributed by atoms with E-state index in [0.29, 0.717) is 47.4 Å². The molecule has 0 spiro atoms. The van der Waals surface area contributed by atoms with Crippen molar-refractivity contribution >= 4 is 46.6 Å². The van der Waals surface area contributed by atoms with Gasteiger partial charge in [-0.05, 0) is 24.3 Å². The third-order valence-corrected chi connectivity index (χ3v) is 5.29. The van der Waals surface area contributed by atoms with Crippen LogP contribution >= 0.6 is 34.8 Å². The summed E-state index contributed by atoms with van der Waals surface area (Å²) in [5, 5.41) is 1.03. The molecule has 0 radical (unpaired) electrons. The molecule has 0 unspecified atom stereocenters. The van der Waals surface area contributed by atoms with E-state index in [9.17, 15) is 9.59 Å². The highest BCUT2D eigenvalue weighted by molar-refractivity contribution is 6.43. The van der Waals surface area contributed by atoms with E-state index in [2.05, 4.69) is 0 Å². The molecular formula is C18H15Cl3N2O2. The second kappa shape index (κ2) is 7.65. The van der Waals surface area contributed by atoms with Crippen molar-refractivity contribution < 1.29 is 9.59 Å². The Morgan fingerprint density at radius 1 is 0.680 bits per heavy atom. The van der Waals surface area contributed by atoms with Crippen molar-refractivity contribution in [2.75, 3.05) is 26.2 Å². The topological polar surface area (TPSA) is 40.6 Å². The van der Waals surface area contributed by atoms with Crippen LogP contribution in [-0.2, 0) is 0 Å². The Kier molecular flexibility index (Phi) is 5.52. The van der Waals surface area contributed by atoms with Gasteiger partial charge in [0.1, 0.15) is 0 Å². The van der Waals surface area contributed by atoms with E-state index in [0.717, 1.165) is 0 Å². The van der Waals surface area contributed by atoms with Crippen molar-refractivity contribution in [3.63, 3.8) is 0 Å². The molecule has 130 valence electrons. The Morgan fingerprint density at radius 2 is 1.16 bits per heavy atom. The molecule has 1 fully saturated rings. The monoisotopic (exact) mass is 396 g/mol. The van der Waals surface area contributed by atoms with Gasteiger partial charge in [-0.3, -0.25) is 9.59 Å². The van der Waals surface area contributed by atoms with Gasteiger partial charge < -0.3 is 9.80 Å². The molecule has 4 nitrogen and oxygen atoms in total. The normalized spacial score (nSPS) is 14.5. The summed E-state index contributed by atoms with van der Waals surface area (Å²) < 4.78 is 0. The van der Waals surface area contributed by atoms with E-state index in [4.69, 9.17) is 34.8 Å². The number of benzene rings is 2. The van der Waals surface area contributed by atoms with E-state index in [1.165, 1.54) is 0 Å². The standard InChI is InChI=1S/C18H15Cl3N2O2/c19-14-6-2-1-4-12(14)17(24)22-8-10-23(11-9-22)18(25)13-5-3-7-15(20)16(13)21/h1-7H,8-11H2. The van der Waals surface area contributed by atoms with Crippen molar-refractivity contribution in [3.05, 3.63) is 68.7 Å². The van der Waals surface area contributed by atoms with Crippen molar-refractivity contribution in [1.29, 1.82) is 0 Å². The molecule has 2 aromatic carbocycles. The first kappa shape index (κ1) is 18.1. The van der Waals surface area contributed by atoms with Gasteiger partial charge in [0.05, 0.1) is 26.2 Å². The highest BCUT2D eigenvalue weighted by Crippen LogP contribution is 2.27. The minimum atomic E-state index is -0.183. The molecular weight excluding hydrogens is 383 g/mol. The van der Waals surface area contributed by atoms with Crippen molar-refractivity contribution in [2.24, 2.45) is 0 Å². The average molecular weight is 398 g/mol. The highest BCUT2D eigenvalue weighted by Gasteiger charge is 2.27. The van der Waals surface area contributed by atoms with Gasteiger partial charge in [0.15, 0.2) is 0 Å². The Balaban J connectivity index is 1.68. The summed E-state index contributed by atoms with van der Waals surface area (Å²) >= 11 is 18.2. The zero-order chi connectivity index (χ0) is 18.0. The van der Waals surface area contributed by atoms with Crippen LogP contribution in [0.15, 0.2) is 42.5 Å². The Bertz CT molecular complexity index is 818. The Hall–Kier alpha value is -1.75. The fourth-order valence-electron chi connectivity index (χ4n) is 2.76. The minimum absolute atomic E-state index is 0.126. The van der Waals surface area contributed by atoms with Crippen molar-refractivity contribution in [2.45, 2.75) is 0 Å². The molecule has 0 N–H and O–H groups in total. The zero-order valence-corrected chi connectivity index (χ0v) is 15.5. The van der Waals surface area contributed by atoms with Crippen LogP contribution in [-0.4, -0.2) is 47.8 Å². The van der Waals surface area contributed by atoms with Gasteiger partial charge in [-0.15, -0.1) is 0 Å². The number of hydrogen-bond acceptors (Lipinski definition) is 2. The molecule has 0 bridgehead atoms. The number of carbonyl (C=O) groups is 2. The van der Waals surface area contributed by atoms with Gasteiger partial charge in [-0.25, -0.2) is 0 Å². The fraction of sp³-hybridized carbons (Fsp3) is 0.222. The van der Waals surface area contributed by atoms with Crippen LogP contribution in [0.5, 0.6) is 0 Å². The quantitative estimate of drug-likeness (QED) is 0.760. The molecule has 1 aliphatic rings. The summed E-state index contributed by atoms with van der Waals surface area (Å²) in [5.74, 6) is -0.309. The number of carbonyl (C=O) groups excluding carboxylic acids is 2. The van der Waals surface area contributed by atoms with Crippen LogP contribution in [0.25, 0.3) is 0 Å². The largest absolute Gasteiger partial charge is 0.335 e. The van der Waals surface area contributed by atoms with E-state index < -0.39 is 0 Å². The summed E-state index contributed by atoms with van der Waals surface area (Å²) in [4.78, 5) is 28.6. The van der Waals surface area contributed by atoms with Crippen LogP contribution in [0.2, 0.25) is 15.1 Å². The predicted octanol–water partition coefficient (Wildman–Crippen LogP) is 4.25. The number of rotatable bonds is 2. The first-order valence-electron chi connectivity index (χ1n) is 7.76. The van der Waals surface area contributed by atoms with Crippen LogP contribution in [0, 0.1) is 0 Å². The third kappa shape index (κ3) is 3.76. The zero-order valence-electron chi connectivity index (χ0n) is 13.2. The summed E-state index contributed by atoms with van der Waals surface area (Å²) in [5.41, 5.74) is 0.849. The molecule has 25 heavy (non-hydrogen) atoms. The molecule has 7 heteroatoms. The third-order valence-electron chi connectivity index (χ3n) is 4.14. The molecule has 0 aromatic heterocycles. The molecule has 2 amide bonds. The number of hydrogen-bond donors (Lipinski definition) is 0. The number of amides is 2. The molecule has 2 aromatic rings. The molecule has 1 heterocycles. The second-order valence-electron chi connectivity index (χ2n) is 5.67. The first-order valence-corrected chi connectivity index (χ1v) is 8.89. The van der Waals surface area contributed by atoms with Crippen LogP contribution in [0.1, 0.15) is 20.7 Å². The SMILES string of the molecule is O=C(c1ccccc1Cl)N1CCN(C(=O)c2cccc(Cl)c2Cl)CC1. The lowest BCUT2D eigenvalue weighted by Gasteiger charge is -2.35. The molecule has 1 aliphatic heterocycles. The summed E-state index contributed by atoms with van der Waals surface area (Å²) in [7, 11) is 0. The number of halogens is 3. The average Bonchev–Trinajstić information content (AvgIpc) is 2.63. The lowest BCUT2D eigenvalue weighted by molar-refractivity contribution is 0.0535. The maximum atomic E-state index is 12.6. The minimum Gasteiger partial charge on any atom is -0.335 e. The molecule has 0 aliphatic carbocycles. The van der Waals surface area contributed by atoms with Crippen LogP contribution in [0.4, 0.5) is 0 Å². The maximum absolute atomic E-state index is 12.6. The number of piperazine rings is 1. The van der Waals surface area contributed by atoms with E-state index >= 15 is 0 Å². The lowest BCUT2D eigenvalue weighted by Crippen LogP contribution is -2.50. The maximum Gasteiger partial charge on any atom is 0.255 e. The summed E-state index contributed by atoms with van der Waals surface area (Å²) in [6.45, 7) is 1.73. The Morgan fingerprint density at radius 3 is 1.76 bits per heavy atom. The van der Waals surface area contributed by atoms with E-state index in [1.807, 2.05) is 0 Å². The highest BCUT2D eigenvalue weighted by atomic mass is 35.5. The van der Waals surface area contributed by atoms with Gasteiger partial charge in [0.25, 0.3) is 11.8 Å². The van der Waals surface area contributed by atoms with Gasteiger partial charge in [-0.2, -0.15) is 0 Å². The van der Waals surface area contributed by atoms with Gasteiger partial charge in [0.2, 0.25) is 0 Å². The van der Waals surface area contributed by atoms with Crippen LogP contribution < -0.4 is 0 Å². The van der Waals surface area contributed by atoms with Crippen molar-refractivity contribution in [1.82, 2.24) is 9.80 Å². The predicted molar refractivity (Wildman–Crippen MR) is 99.7 cm³/mol. The van der Waals surface area contributed by atoms with E-state index in [-0.39, 0.29) is 16.8 Å². The van der Waals surface area contributed by atoms with E-state index in [1.54, 1.807) is 52.3 Å². The molecule has 1 saturated heterocycles. The molecule has 0 atom stereocenters. The fourth-order valence-corrected chi connectivity index (χ4v) is 3.35. The first-order chi connectivity index (χ1) is 12.0. The summed E-state index contributed by atoms with van der Waals surface area (Å²) in [6, 6.07) is 11.9. The van der Waals surface area contributed by atoms with Gasteiger partial charge >= 0.3 is 0 Å². The smallest absolute Gasteiger partial charge is 0.255 e. The lowest BCUT2D eigenvalue weighted by atomic mass is 10.1. The van der Waals surface area contributed by atoms with Gasteiger partial charge in [0, 0.05) is 26.2 Å². The second-order valence-corrected chi connectivity index (χ2v) is 6.86. The molecule has 0 saturated carbocycles. The number of nitrogens with zero attached hydrogens (tertiary/aromatic N) is 2. The van der Waals surface area contributed by atoms with Gasteiger partial charge in [-0.1, -0.05) is 53.0 Å². The summed E-state index contributed by atoms with van der Waals surface area (Å²) in [6.07, 6.45) is 0.